The SMILES string of the molecule is NC(=O)N1CCNCC1CCCCc1ccc(F)cc1. The van der Waals surface area contributed by atoms with E-state index in [1.54, 1.807) is 4.90 Å². The Balaban J connectivity index is 1.72. The van der Waals surface area contributed by atoms with E-state index in [0.717, 1.165) is 44.3 Å². The lowest BCUT2D eigenvalue weighted by atomic mass is 10.0. The summed E-state index contributed by atoms with van der Waals surface area (Å²) in [7, 11) is 0. The smallest absolute Gasteiger partial charge is 0.315 e. The van der Waals surface area contributed by atoms with Crippen molar-refractivity contribution in [3.63, 3.8) is 0 Å². The Morgan fingerprint density at radius 1 is 1.35 bits per heavy atom. The fourth-order valence-electron chi connectivity index (χ4n) is 2.67. The van der Waals surface area contributed by atoms with Crippen LogP contribution in [0.3, 0.4) is 0 Å². The Morgan fingerprint density at radius 2 is 2.10 bits per heavy atom. The van der Waals surface area contributed by atoms with E-state index in [-0.39, 0.29) is 17.9 Å². The van der Waals surface area contributed by atoms with Gasteiger partial charge in [-0.25, -0.2) is 9.18 Å². The van der Waals surface area contributed by atoms with Crippen molar-refractivity contribution >= 4 is 6.03 Å². The zero-order valence-electron chi connectivity index (χ0n) is 11.6. The summed E-state index contributed by atoms with van der Waals surface area (Å²) in [5.41, 5.74) is 6.54. The first-order valence-electron chi connectivity index (χ1n) is 7.18. The number of hydrogen-bond donors (Lipinski definition) is 2. The topological polar surface area (TPSA) is 58.4 Å². The summed E-state index contributed by atoms with van der Waals surface area (Å²) in [5.74, 6) is -0.195. The minimum atomic E-state index is -0.324. The molecule has 1 fully saturated rings. The summed E-state index contributed by atoms with van der Waals surface area (Å²) in [6.45, 7) is 2.33. The largest absolute Gasteiger partial charge is 0.351 e. The quantitative estimate of drug-likeness (QED) is 0.809. The number of carbonyl (C=O) groups excluding carboxylic acids is 1. The molecule has 20 heavy (non-hydrogen) atoms. The van der Waals surface area contributed by atoms with E-state index in [0.29, 0.717) is 6.54 Å². The minimum Gasteiger partial charge on any atom is -0.351 e. The van der Waals surface area contributed by atoms with Gasteiger partial charge in [-0.05, 0) is 37.0 Å². The summed E-state index contributed by atoms with van der Waals surface area (Å²) >= 11 is 0. The van der Waals surface area contributed by atoms with E-state index in [2.05, 4.69) is 5.32 Å². The number of nitrogens with two attached hydrogens (primary N) is 1. The van der Waals surface area contributed by atoms with Gasteiger partial charge in [0.1, 0.15) is 5.82 Å². The molecule has 110 valence electrons. The molecule has 1 aliphatic rings. The first-order valence-corrected chi connectivity index (χ1v) is 7.18. The average Bonchev–Trinajstić information content (AvgIpc) is 2.46. The van der Waals surface area contributed by atoms with Crippen LogP contribution in [0.15, 0.2) is 24.3 Å². The van der Waals surface area contributed by atoms with Gasteiger partial charge in [0.2, 0.25) is 0 Å². The van der Waals surface area contributed by atoms with Crippen LogP contribution in [0.5, 0.6) is 0 Å². The Kier molecular flexibility index (Phi) is 5.35. The van der Waals surface area contributed by atoms with Crippen molar-refractivity contribution in [3.05, 3.63) is 35.6 Å². The number of benzene rings is 1. The molecular weight excluding hydrogens is 257 g/mol. The van der Waals surface area contributed by atoms with Gasteiger partial charge < -0.3 is 16.0 Å². The number of rotatable bonds is 5. The van der Waals surface area contributed by atoms with Crippen LogP contribution >= 0.6 is 0 Å². The van der Waals surface area contributed by atoms with Gasteiger partial charge in [0.25, 0.3) is 0 Å². The molecule has 1 aliphatic heterocycles. The Labute approximate surface area is 119 Å². The van der Waals surface area contributed by atoms with Crippen LogP contribution in [-0.4, -0.2) is 36.6 Å². The maximum atomic E-state index is 12.8. The lowest BCUT2D eigenvalue weighted by Gasteiger charge is -2.35. The third-order valence-corrected chi connectivity index (χ3v) is 3.80. The molecule has 0 radical (unpaired) electrons. The van der Waals surface area contributed by atoms with Crippen molar-refractivity contribution < 1.29 is 9.18 Å². The number of unbranched alkanes of at least 4 members (excludes halogenated alkanes) is 1. The number of amides is 2. The highest BCUT2D eigenvalue weighted by Crippen LogP contribution is 2.13. The molecule has 1 aromatic rings. The van der Waals surface area contributed by atoms with E-state index in [4.69, 9.17) is 5.73 Å². The van der Waals surface area contributed by atoms with E-state index < -0.39 is 0 Å². The molecule has 1 atom stereocenters. The Morgan fingerprint density at radius 3 is 2.80 bits per heavy atom. The van der Waals surface area contributed by atoms with Gasteiger partial charge in [-0.3, -0.25) is 0 Å². The van der Waals surface area contributed by atoms with Crippen molar-refractivity contribution in [2.24, 2.45) is 5.73 Å². The van der Waals surface area contributed by atoms with Crippen LogP contribution in [-0.2, 0) is 6.42 Å². The molecule has 1 saturated heterocycles. The van der Waals surface area contributed by atoms with Crippen molar-refractivity contribution in [2.45, 2.75) is 31.7 Å². The molecule has 1 unspecified atom stereocenters. The highest BCUT2D eigenvalue weighted by atomic mass is 19.1. The van der Waals surface area contributed by atoms with Gasteiger partial charge in [-0.1, -0.05) is 18.6 Å². The molecule has 0 bridgehead atoms. The lowest BCUT2D eigenvalue weighted by Crippen LogP contribution is -2.55. The van der Waals surface area contributed by atoms with Gasteiger partial charge in [0, 0.05) is 25.7 Å². The molecule has 0 spiro atoms. The molecule has 3 N–H and O–H groups in total. The first-order chi connectivity index (χ1) is 9.66. The fraction of sp³-hybridized carbons (Fsp3) is 0.533. The summed E-state index contributed by atoms with van der Waals surface area (Å²) in [6, 6.07) is 6.52. The summed E-state index contributed by atoms with van der Waals surface area (Å²) < 4.78 is 12.8. The number of nitrogens with zero attached hydrogens (tertiary/aromatic N) is 1. The number of halogens is 1. The molecule has 0 aliphatic carbocycles. The fourth-order valence-corrected chi connectivity index (χ4v) is 2.67. The predicted octanol–water partition coefficient (Wildman–Crippen LogP) is 1.89. The van der Waals surface area contributed by atoms with Gasteiger partial charge in [0.15, 0.2) is 0 Å². The van der Waals surface area contributed by atoms with Crippen LogP contribution in [0.25, 0.3) is 0 Å². The van der Waals surface area contributed by atoms with E-state index in [9.17, 15) is 9.18 Å². The van der Waals surface area contributed by atoms with Crippen LogP contribution in [0.4, 0.5) is 9.18 Å². The van der Waals surface area contributed by atoms with Crippen LogP contribution in [0.1, 0.15) is 24.8 Å². The molecular formula is C15H22FN3O. The summed E-state index contributed by atoms with van der Waals surface area (Å²) in [6.07, 6.45) is 3.97. The minimum absolute atomic E-state index is 0.195. The Bertz CT molecular complexity index is 435. The van der Waals surface area contributed by atoms with Gasteiger partial charge in [-0.15, -0.1) is 0 Å². The molecule has 1 aromatic carbocycles. The van der Waals surface area contributed by atoms with Crippen LogP contribution in [0.2, 0.25) is 0 Å². The second-order valence-electron chi connectivity index (χ2n) is 5.26. The number of primary amides is 1. The van der Waals surface area contributed by atoms with Crippen molar-refractivity contribution in [1.29, 1.82) is 0 Å². The normalized spacial score (nSPS) is 19.1. The number of urea groups is 1. The predicted molar refractivity (Wildman–Crippen MR) is 76.9 cm³/mol. The molecule has 5 heteroatoms. The van der Waals surface area contributed by atoms with Gasteiger partial charge in [-0.2, -0.15) is 0 Å². The van der Waals surface area contributed by atoms with Crippen LogP contribution in [0, 0.1) is 5.82 Å². The van der Waals surface area contributed by atoms with Crippen molar-refractivity contribution in [1.82, 2.24) is 10.2 Å². The standard InChI is InChI=1S/C15H22FN3O/c16-13-7-5-12(6-8-13)3-1-2-4-14-11-18-9-10-19(14)15(17)20/h5-8,14,18H,1-4,9-11H2,(H2,17,20). The number of hydrogen-bond acceptors (Lipinski definition) is 2. The highest BCUT2D eigenvalue weighted by molar-refractivity contribution is 5.72. The van der Waals surface area contributed by atoms with Crippen molar-refractivity contribution in [3.8, 4) is 0 Å². The molecule has 4 nitrogen and oxygen atoms in total. The highest BCUT2D eigenvalue weighted by Gasteiger charge is 2.23. The summed E-state index contributed by atoms with van der Waals surface area (Å²) in [5, 5.41) is 3.29. The number of carbonyl (C=O) groups is 1. The van der Waals surface area contributed by atoms with Gasteiger partial charge in [0.05, 0.1) is 0 Å². The zero-order valence-corrected chi connectivity index (χ0v) is 11.6. The van der Waals surface area contributed by atoms with E-state index in [1.807, 2.05) is 12.1 Å². The second kappa shape index (κ2) is 7.24. The maximum Gasteiger partial charge on any atom is 0.315 e. The van der Waals surface area contributed by atoms with E-state index in [1.165, 1.54) is 12.1 Å². The molecule has 1 heterocycles. The van der Waals surface area contributed by atoms with Crippen molar-refractivity contribution in [2.75, 3.05) is 19.6 Å². The van der Waals surface area contributed by atoms with Crippen LogP contribution < -0.4 is 11.1 Å². The molecule has 2 rings (SSSR count). The number of nitrogens with one attached hydrogen (secondary N) is 1. The molecule has 0 saturated carbocycles. The third-order valence-electron chi connectivity index (χ3n) is 3.80. The number of piperazine rings is 1. The zero-order chi connectivity index (χ0) is 14.4. The Hall–Kier alpha value is -1.62. The van der Waals surface area contributed by atoms with Gasteiger partial charge >= 0.3 is 6.03 Å². The first kappa shape index (κ1) is 14.8. The number of aryl methyl sites for hydroxylation is 1. The van der Waals surface area contributed by atoms with E-state index >= 15 is 0 Å². The average molecular weight is 279 g/mol. The third kappa shape index (κ3) is 4.20. The summed E-state index contributed by atoms with van der Waals surface area (Å²) in [4.78, 5) is 13.1. The molecule has 0 aromatic heterocycles. The second-order valence-corrected chi connectivity index (χ2v) is 5.26. The lowest BCUT2D eigenvalue weighted by molar-refractivity contribution is 0.160. The monoisotopic (exact) mass is 279 g/mol. The maximum absolute atomic E-state index is 12.8. The molecule has 2 amide bonds.